The lowest BCUT2D eigenvalue weighted by Crippen LogP contribution is -2.30. The predicted octanol–water partition coefficient (Wildman–Crippen LogP) is 6.09. The van der Waals surface area contributed by atoms with Gasteiger partial charge in [0, 0.05) is 16.7 Å². The van der Waals surface area contributed by atoms with Gasteiger partial charge in [-0.2, -0.15) is 0 Å². The molecule has 0 atom stereocenters. The van der Waals surface area contributed by atoms with Gasteiger partial charge in [0.1, 0.15) is 5.69 Å². The maximum atomic E-state index is 13.0. The van der Waals surface area contributed by atoms with Crippen LogP contribution in [0.4, 0.5) is 5.82 Å². The van der Waals surface area contributed by atoms with Crippen molar-refractivity contribution in [3.05, 3.63) is 121 Å². The number of nitrogens with one attached hydrogen (secondary N) is 2. The van der Waals surface area contributed by atoms with E-state index >= 15 is 0 Å². The zero-order valence-corrected chi connectivity index (χ0v) is 20.4. The van der Waals surface area contributed by atoms with Gasteiger partial charge in [-0.3, -0.25) is 5.43 Å². The van der Waals surface area contributed by atoms with Crippen LogP contribution in [0.3, 0.4) is 0 Å². The van der Waals surface area contributed by atoms with Gasteiger partial charge in [0.05, 0.1) is 4.90 Å². The summed E-state index contributed by atoms with van der Waals surface area (Å²) >= 11 is 0. The third-order valence-electron chi connectivity index (χ3n) is 5.78. The summed E-state index contributed by atoms with van der Waals surface area (Å²) < 4.78 is 26.0. The third kappa shape index (κ3) is 4.88. The van der Waals surface area contributed by atoms with Crippen LogP contribution in [0, 0.1) is 6.92 Å². The Kier molecular flexibility index (Phi) is 6.58. The van der Waals surface area contributed by atoms with Gasteiger partial charge in [0.15, 0.2) is 5.82 Å². The maximum Gasteiger partial charge on any atom is 0.257 e. The van der Waals surface area contributed by atoms with E-state index in [0.717, 1.165) is 33.4 Å². The highest BCUT2D eigenvalue weighted by Gasteiger charge is 2.22. The first-order valence-corrected chi connectivity index (χ1v) is 12.9. The number of hydrazine groups is 1. The highest BCUT2D eigenvalue weighted by molar-refractivity contribution is 7.89. The smallest absolute Gasteiger partial charge is 0.257 e. The number of hydrogen-bond donors (Lipinski definition) is 2. The van der Waals surface area contributed by atoms with E-state index in [-0.39, 0.29) is 4.90 Å². The Morgan fingerprint density at radius 3 is 1.64 bits per heavy atom. The molecule has 2 N–H and O–H groups in total. The van der Waals surface area contributed by atoms with Crippen molar-refractivity contribution < 1.29 is 8.42 Å². The number of aryl methyl sites for hydroxylation is 1. The number of anilines is 1. The number of sulfonamides is 1. The molecule has 0 unspecified atom stereocenters. The molecule has 0 aliphatic carbocycles. The lowest BCUT2D eigenvalue weighted by molar-refractivity contribution is 0.587. The Balaban J connectivity index is 1.68. The number of aromatic nitrogens is 2. The van der Waals surface area contributed by atoms with Crippen molar-refractivity contribution >= 4 is 15.8 Å². The second kappa shape index (κ2) is 10.1. The van der Waals surface area contributed by atoms with Crippen molar-refractivity contribution in [1.82, 2.24) is 15.0 Å². The van der Waals surface area contributed by atoms with E-state index in [1.54, 1.807) is 24.3 Å². The summed E-state index contributed by atoms with van der Waals surface area (Å²) in [6.07, 6.45) is 0. The molecular formula is C29H24N4O2S. The van der Waals surface area contributed by atoms with Crippen molar-refractivity contribution in [2.75, 3.05) is 5.43 Å². The molecule has 178 valence electrons. The Morgan fingerprint density at radius 1 is 0.583 bits per heavy atom. The zero-order valence-electron chi connectivity index (χ0n) is 19.6. The second-order valence-electron chi connectivity index (χ2n) is 8.29. The van der Waals surface area contributed by atoms with Gasteiger partial charge in [-0.25, -0.2) is 8.42 Å². The van der Waals surface area contributed by atoms with E-state index in [4.69, 9.17) is 0 Å². The number of nitrogens with zero attached hydrogens (tertiary/aromatic N) is 2. The van der Waals surface area contributed by atoms with Crippen LogP contribution in [0.1, 0.15) is 5.56 Å². The Morgan fingerprint density at radius 2 is 1.08 bits per heavy atom. The summed E-state index contributed by atoms with van der Waals surface area (Å²) in [5.74, 6) is 0.301. The second-order valence-corrected chi connectivity index (χ2v) is 9.97. The minimum atomic E-state index is -3.84. The molecule has 0 radical (unpaired) electrons. The maximum absolute atomic E-state index is 13.0. The Bertz CT molecular complexity index is 1570. The summed E-state index contributed by atoms with van der Waals surface area (Å²) in [5.41, 5.74) is 8.83. The average Bonchev–Trinajstić information content (AvgIpc) is 2.93. The highest BCUT2D eigenvalue weighted by atomic mass is 32.2. The first-order valence-electron chi connectivity index (χ1n) is 11.4. The summed E-state index contributed by atoms with van der Waals surface area (Å²) in [6, 6.07) is 36.1. The molecule has 0 spiro atoms. The van der Waals surface area contributed by atoms with E-state index in [0.29, 0.717) is 11.5 Å². The van der Waals surface area contributed by atoms with Crippen LogP contribution in [-0.2, 0) is 10.0 Å². The molecule has 0 aliphatic rings. The van der Waals surface area contributed by atoms with E-state index in [1.165, 1.54) is 0 Å². The first-order chi connectivity index (χ1) is 17.5. The summed E-state index contributed by atoms with van der Waals surface area (Å²) in [5, 5.41) is 8.99. The quantitative estimate of drug-likeness (QED) is 0.269. The molecule has 0 fully saturated rings. The summed E-state index contributed by atoms with van der Waals surface area (Å²) in [7, 11) is -3.84. The molecular weight excluding hydrogens is 468 g/mol. The number of rotatable bonds is 7. The molecule has 0 amide bonds. The average molecular weight is 493 g/mol. The van der Waals surface area contributed by atoms with Gasteiger partial charge in [0.2, 0.25) is 0 Å². The van der Waals surface area contributed by atoms with Crippen LogP contribution in [0.5, 0.6) is 0 Å². The molecule has 0 bridgehead atoms. The van der Waals surface area contributed by atoms with Crippen molar-refractivity contribution in [3.63, 3.8) is 0 Å². The molecule has 5 aromatic rings. The van der Waals surface area contributed by atoms with Crippen LogP contribution in [0.2, 0.25) is 0 Å². The molecule has 7 heteroatoms. The molecule has 1 heterocycles. The van der Waals surface area contributed by atoms with Crippen molar-refractivity contribution in [2.45, 2.75) is 11.8 Å². The van der Waals surface area contributed by atoms with E-state index < -0.39 is 10.0 Å². The van der Waals surface area contributed by atoms with Crippen molar-refractivity contribution in [2.24, 2.45) is 0 Å². The van der Waals surface area contributed by atoms with Crippen molar-refractivity contribution in [1.29, 1.82) is 0 Å². The van der Waals surface area contributed by atoms with E-state index in [1.807, 2.05) is 97.9 Å². The van der Waals surface area contributed by atoms with Gasteiger partial charge in [-0.1, -0.05) is 109 Å². The van der Waals surface area contributed by atoms with Gasteiger partial charge in [-0.15, -0.1) is 15.0 Å². The Labute approximate surface area is 210 Å². The van der Waals surface area contributed by atoms with Crippen LogP contribution < -0.4 is 10.3 Å². The fraction of sp³-hybridized carbons (Fsp3) is 0.0345. The molecule has 0 saturated carbocycles. The molecule has 0 aliphatic heterocycles. The fourth-order valence-corrected chi connectivity index (χ4v) is 4.83. The van der Waals surface area contributed by atoms with Crippen LogP contribution in [0.15, 0.2) is 120 Å². The molecule has 5 rings (SSSR count). The standard InChI is InChI=1S/C29H24N4O2S/c1-21-17-19-25(20-18-21)36(34,35)33-32-29-27(23-13-7-3-8-14-23)26(22-11-5-2-6-12-22)28(30-31-29)24-15-9-4-10-16-24/h2-20,33H,1H3,(H,31,32). The molecule has 1 aromatic heterocycles. The number of benzene rings is 4. The van der Waals surface area contributed by atoms with E-state index in [2.05, 4.69) is 20.5 Å². The lowest BCUT2D eigenvalue weighted by Gasteiger charge is -2.19. The summed E-state index contributed by atoms with van der Waals surface area (Å²) in [6.45, 7) is 1.91. The fourth-order valence-electron chi connectivity index (χ4n) is 3.99. The first kappa shape index (κ1) is 23.4. The minimum absolute atomic E-state index is 0.152. The summed E-state index contributed by atoms with van der Waals surface area (Å²) in [4.78, 5) is 2.63. The lowest BCUT2D eigenvalue weighted by atomic mass is 9.91. The van der Waals surface area contributed by atoms with Gasteiger partial charge in [0.25, 0.3) is 10.0 Å². The highest BCUT2D eigenvalue weighted by Crippen LogP contribution is 2.41. The van der Waals surface area contributed by atoms with Gasteiger partial charge in [-0.05, 0) is 30.2 Å². The SMILES string of the molecule is Cc1ccc(S(=O)(=O)NNc2nnc(-c3ccccc3)c(-c3ccccc3)c2-c2ccccc2)cc1. The predicted molar refractivity (Wildman–Crippen MR) is 143 cm³/mol. The normalized spacial score (nSPS) is 11.2. The topological polar surface area (TPSA) is 84.0 Å². The van der Waals surface area contributed by atoms with E-state index in [9.17, 15) is 8.42 Å². The monoisotopic (exact) mass is 492 g/mol. The van der Waals surface area contributed by atoms with Crippen molar-refractivity contribution in [3.8, 4) is 33.5 Å². The number of hydrogen-bond acceptors (Lipinski definition) is 5. The third-order valence-corrected chi connectivity index (χ3v) is 7.04. The van der Waals surface area contributed by atoms with Crippen LogP contribution in [-0.4, -0.2) is 18.6 Å². The Hall–Kier alpha value is -4.33. The molecule has 6 nitrogen and oxygen atoms in total. The zero-order chi connectivity index (χ0) is 25.0. The van der Waals surface area contributed by atoms with Gasteiger partial charge >= 0.3 is 0 Å². The van der Waals surface area contributed by atoms with Gasteiger partial charge < -0.3 is 0 Å². The molecule has 4 aromatic carbocycles. The minimum Gasteiger partial charge on any atom is -0.290 e. The largest absolute Gasteiger partial charge is 0.290 e. The van der Waals surface area contributed by atoms with Crippen LogP contribution in [0.25, 0.3) is 33.5 Å². The van der Waals surface area contributed by atoms with Crippen LogP contribution >= 0.6 is 0 Å². The molecule has 36 heavy (non-hydrogen) atoms. The molecule has 0 saturated heterocycles.